The fourth-order valence-electron chi connectivity index (χ4n) is 1.33. The molecule has 11 nitrogen and oxygen atoms in total. The number of hydrogen-bond acceptors (Lipinski definition) is 7. The van der Waals surface area contributed by atoms with Crippen LogP contribution in [0, 0.1) is 10.1 Å². The van der Waals surface area contributed by atoms with Crippen LogP contribution in [0.2, 0.25) is 0 Å². The molecule has 0 saturated heterocycles. The zero-order chi connectivity index (χ0) is 16.4. The summed E-state index contributed by atoms with van der Waals surface area (Å²) in [6.07, 6.45) is 0.691. The van der Waals surface area contributed by atoms with Gasteiger partial charge in [-0.1, -0.05) is 5.43 Å². The number of hydrogen-bond donors (Lipinski definition) is 4. The van der Waals surface area contributed by atoms with E-state index < -0.39 is 29.0 Å². The molecular formula is C10H20N6O5. The van der Waals surface area contributed by atoms with E-state index in [0.717, 1.165) is 0 Å². The summed E-state index contributed by atoms with van der Waals surface area (Å²) in [4.78, 5) is 36.5. The number of rotatable bonds is 8. The number of nitrogens with two attached hydrogens (primary N) is 2. The van der Waals surface area contributed by atoms with Gasteiger partial charge >= 0.3 is 5.97 Å². The Morgan fingerprint density at radius 1 is 1.48 bits per heavy atom. The van der Waals surface area contributed by atoms with Gasteiger partial charge in [-0.05, 0) is 19.8 Å². The number of methoxy groups -OCH3 is 1. The lowest BCUT2D eigenvalue weighted by atomic mass is 10.1. The molecule has 0 aromatic rings. The number of nitrogens with one attached hydrogen (secondary N) is 2. The zero-order valence-electron chi connectivity index (χ0n) is 11.9. The number of amides is 1. The van der Waals surface area contributed by atoms with Crippen LogP contribution in [0.15, 0.2) is 4.99 Å². The molecule has 0 unspecified atom stereocenters. The smallest absolute Gasteiger partial charge is 0.328 e. The summed E-state index contributed by atoms with van der Waals surface area (Å²) in [5, 5.41) is 11.6. The van der Waals surface area contributed by atoms with Gasteiger partial charge in [0.15, 0.2) is 5.03 Å². The van der Waals surface area contributed by atoms with E-state index in [4.69, 9.17) is 11.5 Å². The third-order valence-corrected chi connectivity index (χ3v) is 2.41. The fourth-order valence-corrected chi connectivity index (χ4v) is 1.33. The lowest BCUT2D eigenvalue weighted by molar-refractivity contribution is -0.525. The molecule has 0 spiro atoms. The topological polar surface area (TPSA) is 175 Å². The first-order chi connectivity index (χ1) is 9.77. The summed E-state index contributed by atoms with van der Waals surface area (Å²) >= 11 is 0. The van der Waals surface area contributed by atoms with E-state index in [0.29, 0.717) is 6.42 Å². The normalized spacial score (nSPS) is 14.0. The summed E-state index contributed by atoms with van der Waals surface area (Å²) in [6, 6.07) is -1.61. The summed E-state index contributed by atoms with van der Waals surface area (Å²) < 4.78 is 4.46. The van der Waals surface area contributed by atoms with Gasteiger partial charge < -0.3 is 21.5 Å². The minimum atomic E-state index is -0.827. The predicted molar refractivity (Wildman–Crippen MR) is 73.4 cm³/mol. The number of esters is 1. The highest BCUT2D eigenvalue weighted by Crippen LogP contribution is 1.97. The summed E-state index contributed by atoms with van der Waals surface area (Å²) in [6.45, 7) is 1.66. The van der Waals surface area contributed by atoms with Crippen LogP contribution in [0.4, 0.5) is 0 Å². The van der Waals surface area contributed by atoms with Crippen molar-refractivity contribution < 1.29 is 19.4 Å². The number of nitrogens with zero attached hydrogens (tertiary/aromatic N) is 2. The van der Waals surface area contributed by atoms with Crippen LogP contribution in [0.1, 0.15) is 19.8 Å². The quantitative estimate of drug-likeness (QED) is 0.0981. The number of carbonyl (C=O) groups excluding carboxylic acids is 2. The Labute approximate surface area is 121 Å². The van der Waals surface area contributed by atoms with Crippen LogP contribution in [-0.2, 0) is 14.3 Å². The standard InChI is InChI=1S/C10H20N6O5/c1-6(9(18)21-2)14-8(17)7(11)4-3-5-13-10(12)15-16(19)20/h6-7H,3-5,11H2,1-2H3,(H,14,17)(H3,12,13,15)/t6-,7-/m0/s1. The highest BCUT2D eigenvalue weighted by molar-refractivity contribution is 5.87. The van der Waals surface area contributed by atoms with Gasteiger partial charge in [0, 0.05) is 6.54 Å². The number of carbonyl (C=O) groups is 2. The maximum Gasteiger partial charge on any atom is 0.328 e. The maximum atomic E-state index is 11.6. The minimum absolute atomic E-state index is 0.181. The largest absolute Gasteiger partial charge is 0.467 e. The highest BCUT2D eigenvalue weighted by Gasteiger charge is 2.19. The molecular weight excluding hydrogens is 284 g/mol. The molecule has 0 aromatic carbocycles. The number of aliphatic imine (C=N–C) groups is 1. The van der Waals surface area contributed by atoms with E-state index >= 15 is 0 Å². The maximum absolute atomic E-state index is 11.6. The molecule has 11 heteroatoms. The molecule has 0 heterocycles. The number of ether oxygens (including phenoxy) is 1. The van der Waals surface area contributed by atoms with Gasteiger partial charge in [-0.15, -0.1) is 0 Å². The molecule has 0 aromatic heterocycles. The van der Waals surface area contributed by atoms with Gasteiger partial charge in [0.2, 0.25) is 5.91 Å². The van der Waals surface area contributed by atoms with Gasteiger partial charge in [-0.25, -0.2) is 19.9 Å². The number of hydrazine groups is 1. The van der Waals surface area contributed by atoms with Crippen molar-refractivity contribution in [3.8, 4) is 0 Å². The van der Waals surface area contributed by atoms with Crippen LogP contribution in [-0.4, -0.2) is 48.6 Å². The molecule has 21 heavy (non-hydrogen) atoms. The molecule has 0 aliphatic carbocycles. The van der Waals surface area contributed by atoms with E-state index in [1.54, 1.807) is 5.43 Å². The monoisotopic (exact) mass is 304 g/mol. The van der Waals surface area contributed by atoms with E-state index in [-0.39, 0.29) is 18.9 Å². The third kappa shape index (κ3) is 8.36. The van der Waals surface area contributed by atoms with Gasteiger partial charge in [0.25, 0.3) is 5.96 Å². The van der Waals surface area contributed by atoms with Gasteiger partial charge in [0.05, 0.1) is 13.2 Å². The summed E-state index contributed by atoms with van der Waals surface area (Å²) in [5.74, 6) is -1.38. The lowest BCUT2D eigenvalue weighted by Gasteiger charge is -2.15. The molecule has 0 rings (SSSR count). The van der Waals surface area contributed by atoms with Crippen molar-refractivity contribution in [2.45, 2.75) is 31.8 Å². The average Bonchev–Trinajstić information content (AvgIpc) is 2.41. The molecule has 1 amide bonds. The predicted octanol–water partition coefficient (Wildman–Crippen LogP) is -2.13. The molecule has 0 fully saturated rings. The number of nitro groups is 1. The molecule has 0 bridgehead atoms. The van der Waals surface area contributed by atoms with E-state index in [2.05, 4.69) is 15.0 Å². The second-order valence-corrected chi connectivity index (χ2v) is 4.14. The Balaban J connectivity index is 4.03. The van der Waals surface area contributed by atoms with Crippen molar-refractivity contribution in [1.82, 2.24) is 10.7 Å². The first-order valence-electron chi connectivity index (χ1n) is 6.12. The van der Waals surface area contributed by atoms with Crippen molar-refractivity contribution in [3.63, 3.8) is 0 Å². The van der Waals surface area contributed by atoms with Crippen LogP contribution >= 0.6 is 0 Å². The molecule has 6 N–H and O–H groups in total. The van der Waals surface area contributed by atoms with Gasteiger partial charge in [-0.2, -0.15) is 0 Å². The van der Waals surface area contributed by atoms with E-state index in [1.165, 1.54) is 14.0 Å². The SMILES string of the molecule is COC(=O)[C@H](C)NC(=O)[C@@H](N)CCCN=C(N)N[N+](=O)[O-]. The first kappa shape index (κ1) is 18.6. The van der Waals surface area contributed by atoms with Crippen molar-refractivity contribution in [2.75, 3.05) is 13.7 Å². The lowest BCUT2D eigenvalue weighted by Crippen LogP contribution is -2.47. The third-order valence-electron chi connectivity index (χ3n) is 2.41. The first-order valence-corrected chi connectivity index (χ1v) is 6.12. The Morgan fingerprint density at radius 3 is 2.62 bits per heavy atom. The van der Waals surface area contributed by atoms with Crippen molar-refractivity contribution in [3.05, 3.63) is 10.1 Å². The van der Waals surface area contributed by atoms with E-state index in [9.17, 15) is 19.7 Å². The molecule has 0 radical (unpaired) electrons. The summed E-state index contributed by atoms with van der Waals surface area (Å²) in [7, 11) is 1.21. The van der Waals surface area contributed by atoms with Gasteiger partial charge in [0.1, 0.15) is 6.04 Å². The van der Waals surface area contributed by atoms with Crippen LogP contribution < -0.4 is 22.2 Å². The van der Waals surface area contributed by atoms with Crippen molar-refractivity contribution in [1.29, 1.82) is 0 Å². The van der Waals surface area contributed by atoms with E-state index in [1.807, 2.05) is 0 Å². The Hall–Kier alpha value is -2.43. The minimum Gasteiger partial charge on any atom is -0.467 e. The Bertz CT molecular complexity index is 413. The van der Waals surface area contributed by atoms with Gasteiger partial charge in [-0.3, -0.25) is 4.79 Å². The van der Waals surface area contributed by atoms with Crippen LogP contribution in [0.3, 0.4) is 0 Å². The molecule has 0 aliphatic rings. The number of guanidine groups is 1. The second kappa shape index (κ2) is 9.47. The second-order valence-electron chi connectivity index (χ2n) is 4.14. The molecule has 0 aliphatic heterocycles. The molecule has 2 atom stereocenters. The van der Waals surface area contributed by atoms with Crippen molar-refractivity contribution >= 4 is 17.8 Å². The summed E-state index contributed by atoms with van der Waals surface area (Å²) in [5.41, 5.74) is 12.5. The van der Waals surface area contributed by atoms with Crippen LogP contribution in [0.5, 0.6) is 0 Å². The highest BCUT2D eigenvalue weighted by atomic mass is 16.7. The fraction of sp³-hybridized carbons (Fsp3) is 0.700. The van der Waals surface area contributed by atoms with Crippen molar-refractivity contribution in [2.24, 2.45) is 16.5 Å². The molecule has 120 valence electrons. The van der Waals surface area contributed by atoms with Crippen LogP contribution in [0.25, 0.3) is 0 Å². The molecule has 0 saturated carbocycles. The average molecular weight is 304 g/mol. The Kier molecular flexibility index (Phi) is 8.37. The zero-order valence-corrected chi connectivity index (χ0v) is 11.9. The Morgan fingerprint density at radius 2 is 2.10 bits per heavy atom.